The van der Waals surface area contributed by atoms with Gasteiger partial charge in [-0.25, -0.2) is 4.79 Å². The molecule has 0 aliphatic carbocycles. The minimum Gasteiger partial charge on any atom is -0.481 e. The van der Waals surface area contributed by atoms with E-state index in [4.69, 9.17) is 0 Å². The molecule has 208 valence electrons. The Labute approximate surface area is 236 Å². The molecule has 0 unspecified atom stereocenters. The number of fused-ring (bicyclic) bond motifs is 5. The van der Waals surface area contributed by atoms with Crippen molar-refractivity contribution in [1.29, 1.82) is 0 Å². The Bertz CT molecular complexity index is 1620. The van der Waals surface area contributed by atoms with E-state index >= 15 is 0 Å². The number of benzene rings is 3. The fourth-order valence-electron chi connectivity index (χ4n) is 6.08. The maximum Gasteiger partial charge on any atom is 0.328 e. The topological polar surface area (TPSA) is 123 Å². The van der Waals surface area contributed by atoms with Gasteiger partial charge in [-0.1, -0.05) is 78.9 Å². The molecule has 4 amide bonds. The van der Waals surface area contributed by atoms with E-state index in [0.717, 1.165) is 33.3 Å². The van der Waals surface area contributed by atoms with Crippen molar-refractivity contribution in [3.8, 4) is 0 Å². The van der Waals surface area contributed by atoms with Crippen LogP contribution in [0.3, 0.4) is 0 Å². The molecule has 9 nitrogen and oxygen atoms in total. The number of carboxylic acids is 1. The van der Waals surface area contributed by atoms with Gasteiger partial charge in [0.05, 0.1) is 25.4 Å². The lowest BCUT2D eigenvalue weighted by Gasteiger charge is -2.46. The van der Waals surface area contributed by atoms with Gasteiger partial charge in [0.1, 0.15) is 6.04 Å². The van der Waals surface area contributed by atoms with Gasteiger partial charge in [0.2, 0.25) is 11.8 Å². The van der Waals surface area contributed by atoms with Gasteiger partial charge in [-0.2, -0.15) is 0 Å². The Morgan fingerprint density at radius 3 is 2.27 bits per heavy atom. The highest BCUT2D eigenvalue weighted by molar-refractivity contribution is 6.01. The number of rotatable bonds is 8. The molecule has 3 aromatic carbocycles. The van der Waals surface area contributed by atoms with Crippen LogP contribution in [-0.4, -0.2) is 55.8 Å². The highest BCUT2D eigenvalue weighted by Crippen LogP contribution is 2.42. The van der Waals surface area contributed by atoms with E-state index < -0.39 is 36.0 Å². The predicted octanol–water partition coefficient (Wildman–Crippen LogP) is 4.19. The number of para-hydroxylation sites is 1. The van der Waals surface area contributed by atoms with Crippen LogP contribution in [0, 0.1) is 0 Å². The van der Waals surface area contributed by atoms with E-state index in [1.165, 1.54) is 9.80 Å². The molecule has 4 aromatic rings. The average molecular weight is 551 g/mol. The van der Waals surface area contributed by atoms with Crippen molar-refractivity contribution >= 4 is 34.7 Å². The summed E-state index contributed by atoms with van der Waals surface area (Å²) in [5.41, 5.74) is 4.24. The fourth-order valence-corrected chi connectivity index (χ4v) is 6.08. The van der Waals surface area contributed by atoms with Gasteiger partial charge >= 0.3 is 12.0 Å². The third-order valence-electron chi connectivity index (χ3n) is 7.95. The number of nitrogens with zero attached hydrogens (tertiary/aromatic N) is 2. The van der Waals surface area contributed by atoms with Gasteiger partial charge in [0, 0.05) is 29.1 Å². The molecule has 1 fully saturated rings. The number of aromatic nitrogens is 1. The Balaban J connectivity index is 1.35. The van der Waals surface area contributed by atoms with Gasteiger partial charge in [0.15, 0.2) is 0 Å². The van der Waals surface area contributed by atoms with E-state index in [2.05, 4.69) is 10.3 Å². The van der Waals surface area contributed by atoms with Crippen LogP contribution in [0.25, 0.3) is 10.9 Å². The van der Waals surface area contributed by atoms with Gasteiger partial charge in [-0.3, -0.25) is 19.3 Å². The highest BCUT2D eigenvalue weighted by atomic mass is 16.4. The molecule has 2 aliphatic heterocycles. The first-order valence-electron chi connectivity index (χ1n) is 13.7. The Morgan fingerprint density at radius 1 is 0.902 bits per heavy atom. The van der Waals surface area contributed by atoms with Crippen LogP contribution in [-0.2, 0) is 33.8 Å². The van der Waals surface area contributed by atoms with Crippen molar-refractivity contribution in [1.82, 2.24) is 20.1 Å². The molecule has 6 rings (SSSR count). The van der Waals surface area contributed by atoms with E-state index in [1.807, 2.05) is 84.9 Å². The van der Waals surface area contributed by atoms with Gasteiger partial charge in [-0.05, 0) is 29.2 Å². The first-order valence-corrected chi connectivity index (χ1v) is 13.7. The van der Waals surface area contributed by atoms with Crippen LogP contribution in [0.2, 0.25) is 0 Å². The minimum atomic E-state index is -1.03. The minimum absolute atomic E-state index is 0.0325. The van der Waals surface area contributed by atoms with E-state index in [0.29, 0.717) is 6.42 Å². The lowest BCUT2D eigenvalue weighted by molar-refractivity contribution is -0.140. The monoisotopic (exact) mass is 550 g/mol. The summed E-state index contributed by atoms with van der Waals surface area (Å²) >= 11 is 0. The number of amides is 4. The molecule has 9 heteroatoms. The summed E-state index contributed by atoms with van der Waals surface area (Å²) < 4.78 is 0. The largest absolute Gasteiger partial charge is 0.481 e. The van der Waals surface area contributed by atoms with Crippen molar-refractivity contribution in [3.05, 3.63) is 107 Å². The fraction of sp³-hybridized carbons (Fsp3) is 0.250. The van der Waals surface area contributed by atoms with Crippen LogP contribution in [0.5, 0.6) is 0 Å². The van der Waals surface area contributed by atoms with Crippen LogP contribution < -0.4 is 5.32 Å². The number of hydrogen-bond acceptors (Lipinski definition) is 4. The van der Waals surface area contributed by atoms with Crippen molar-refractivity contribution < 1.29 is 24.3 Å². The molecular formula is C32H30N4O5. The molecule has 3 atom stereocenters. The van der Waals surface area contributed by atoms with Gasteiger partial charge < -0.3 is 20.3 Å². The molecule has 0 spiro atoms. The maximum atomic E-state index is 14.0. The second-order valence-corrected chi connectivity index (χ2v) is 10.7. The molecule has 41 heavy (non-hydrogen) atoms. The smallest absolute Gasteiger partial charge is 0.328 e. The lowest BCUT2D eigenvalue weighted by Crippen LogP contribution is -2.62. The van der Waals surface area contributed by atoms with Gasteiger partial charge in [0.25, 0.3) is 0 Å². The average Bonchev–Trinajstić information content (AvgIpc) is 3.34. The summed E-state index contributed by atoms with van der Waals surface area (Å²) in [7, 11) is 0. The summed E-state index contributed by atoms with van der Waals surface area (Å²) in [6.45, 7) is 0.102. The zero-order valence-electron chi connectivity index (χ0n) is 22.3. The number of imide groups is 1. The number of aliphatic carboxylic acids is 1. The molecular weight excluding hydrogens is 520 g/mol. The summed E-state index contributed by atoms with van der Waals surface area (Å²) in [4.78, 5) is 59.2. The molecule has 1 saturated heterocycles. The molecule has 0 radical (unpaired) electrons. The first kappa shape index (κ1) is 26.3. The lowest BCUT2D eigenvalue weighted by atomic mass is 9.88. The zero-order valence-corrected chi connectivity index (χ0v) is 22.3. The highest BCUT2D eigenvalue weighted by Gasteiger charge is 2.49. The number of hydrogen-bond donors (Lipinski definition) is 3. The quantitative estimate of drug-likeness (QED) is 0.304. The number of carbonyl (C=O) groups excluding carboxylic acids is 3. The van der Waals surface area contributed by atoms with E-state index in [9.17, 15) is 24.3 Å². The second-order valence-electron chi connectivity index (χ2n) is 10.7. The molecule has 1 aromatic heterocycles. The molecule has 3 heterocycles. The first-order chi connectivity index (χ1) is 19.9. The second kappa shape index (κ2) is 10.9. The van der Waals surface area contributed by atoms with Crippen molar-refractivity contribution in [3.63, 3.8) is 0 Å². The standard InChI is InChI=1S/C32H30N4O5/c37-28-18-26-30-24(23-13-7-8-14-25(23)34-30)17-27(36(26)32(41)35(28)19-21-11-5-2-6-12-21)31(40)33-22(16-29(38)39)15-20-9-3-1-4-10-20/h1-14,22,26-27,34H,15-19H2,(H,33,40)(H,38,39)/t22-,26+,27-/m0/s1. The van der Waals surface area contributed by atoms with E-state index in [-0.39, 0.29) is 31.7 Å². The summed E-state index contributed by atoms with van der Waals surface area (Å²) in [6.07, 6.45) is 0.346. The van der Waals surface area contributed by atoms with Crippen molar-refractivity contribution in [2.75, 3.05) is 0 Å². The number of carboxylic acid groups (broad SMARTS) is 1. The van der Waals surface area contributed by atoms with Crippen LogP contribution >= 0.6 is 0 Å². The van der Waals surface area contributed by atoms with Crippen molar-refractivity contribution in [2.45, 2.75) is 50.4 Å². The Hall–Kier alpha value is -4.92. The Morgan fingerprint density at radius 2 is 1.56 bits per heavy atom. The number of urea groups is 1. The number of H-pyrrole nitrogens is 1. The summed E-state index contributed by atoms with van der Waals surface area (Å²) in [5, 5.41) is 13.5. The normalized spacial score (nSPS) is 19.0. The van der Waals surface area contributed by atoms with E-state index in [1.54, 1.807) is 0 Å². The molecule has 0 saturated carbocycles. The SMILES string of the molecule is O=C(O)C[C@H](Cc1ccccc1)NC(=O)[C@@H]1Cc2c([nH]c3ccccc23)[C@H]2CC(=O)N(Cc3ccccc3)C(=O)N21. The third kappa shape index (κ3) is 5.18. The number of aromatic amines is 1. The molecule has 2 aliphatic rings. The van der Waals surface area contributed by atoms with Crippen LogP contribution in [0.4, 0.5) is 4.79 Å². The van der Waals surface area contributed by atoms with Crippen molar-refractivity contribution in [2.24, 2.45) is 0 Å². The predicted molar refractivity (Wildman–Crippen MR) is 152 cm³/mol. The number of nitrogens with one attached hydrogen (secondary N) is 2. The van der Waals surface area contributed by atoms with Gasteiger partial charge in [-0.15, -0.1) is 0 Å². The summed E-state index contributed by atoms with van der Waals surface area (Å²) in [6, 6.07) is 23.6. The molecule has 3 N–H and O–H groups in total. The summed E-state index contributed by atoms with van der Waals surface area (Å²) in [5.74, 6) is -1.77. The Kier molecular flexibility index (Phi) is 7.01. The van der Waals surface area contributed by atoms with Crippen LogP contribution in [0.1, 0.15) is 41.3 Å². The third-order valence-corrected chi connectivity index (χ3v) is 7.95. The zero-order chi connectivity index (χ0) is 28.5. The molecule has 0 bridgehead atoms. The van der Waals surface area contributed by atoms with Crippen LogP contribution in [0.15, 0.2) is 84.9 Å². The number of carbonyl (C=O) groups is 4. The maximum absolute atomic E-state index is 14.0.